The summed E-state index contributed by atoms with van der Waals surface area (Å²) in [6.45, 7) is 0.825. The quantitative estimate of drug-likeness (QED) is 0.100. The zero-order valence-corrected chi connectivity index (χ0v) is 24.7. The number of aryl methyl sites for hydroxylation is 1. The molecule has 0 N–H and O–H groups in total. The number of benzene rings is 5. The van der Waals surface area contributed by atoms with E-state index in [-0.39, 0.29) is 22.3 Å². The fraction of sp³-hybridized carbons (Fsp3) is 0.189. The van der Waals surface area contributed by atoms with Crippen LogP contribution in [0, 0.1) is 23.3 Å². The molecule has 0 aromatic heterocycles. The van der Waals surface area contributed by atoms with Gasteiger partial charge in [0, 0.05) is 17.2 Å². The summed E-state index contributed by atoms with van der Waals surface area (Å²) in [7, 11) is 0. The molecular formula is C37H29F7O2. The van der Waals surface area contributed by atoms with E-state index >= 15 is 8.78 Å². The van der Waals surface area contributed by atoms with Gasteiger partial charge >= 0.3 is 6.11 Å². The number of hydrogen-bond donors (Lipinski definition) is 0. The Kier molecular flexibility index (Phi) is 9.99. The summed E-state index contributed by atoms with van der Waals surface area (Å²) in [6.07, 6.45) is 0.165. The third kappa shape index (κ3) is 7.36. The maximum atomic E-state index is 15.2. The van der Waals surface area contributed by atoms with E-state index in [0.29, 0.717) is 17.7 Å². The number of alkyl halides is 3. The Labute approximate surface area is 262 Å². The summed E-state index contributed by atoms with van der Waals surface area (Å²) in [5.74, 6) is -5.10. The Morgan fingerprint density at radius 1 is 0.587 bits per heavy atom. The number of ether oxygens (including phenoxy) is 2. The van der Waals surface area contributed by atoms with Crippen LogP contribution in [0.2, 0.25) is 0 Å². The number of rotatable bonds is 12. The monoisotopic (exact) mass is 638 g/mol. The van der Waals surface area contributed by atoms with Crippen molar-refractivity contribution < 1.29 is 40.2 Å². The molecule has 0 radical (unpaired) electrons. The summed E-state index contributed by atoms with van der Waals surface area (Å²) in [6, 6.07) is 21.3. The molecule has 0 aliphatic heterocycles. The summed E-state index contributed by atoms with van der Waals surface area (Å²) in [5, 5.41) is 0. The number of unbranched alkanes of at least 4 members (excludes halogenated alkanes) is 2. The maximum absolute atomic E-state index is 15.2. The topological polar surface area (TPSA) is 18.5 Å². The first-order chi connectivity index (χ1) is 22.1. The lowest BCUT2D eigenvalue weighted by Crippen LogP contribution is -2.23. The number of halogens is 7. The smallest absolute Gasteiger partial charge is 0.429 e. The van der Waals surface area contributed by atoms with Crippen LogP contribution in [-0.2, 0) is 12.5 Å². The highest BCUT2D eigenvalue weighted by Crippen LogP contribution is 2.37. The van der Waals surface area contributed by atoms with Crippen LogP contribution < -0.4 is 9.47 Å². The highest BCUT2D eigenvalue weighted by Gasteiger charge is 2.38. The Hall–Kier alpha value is -4.79. The summed E-state index contributed by atoms with van der Waals surface area (Å²) >= 11 is 0. The van der Waals surface area contributed by atoms with Crippen LogP contribution in [0.4, 0.5) is 30.7 Å². The summed E-state index contributed by atoms with van der Waals surface area (Å²) in [4.78, 5) is 0. The van der Waals surface area contributed by atoms with Gasteiger partial charge in [-0.1, -0.05) is 74.4 Å². The first kappa shape index (κ1) is 32.6. The minimum absolute atomic E-state index is 0.0474. The molecule has 0 heterocycles. The van der Waals surface area contributed by atoms with E-state index in [1.807, 2.05) is 24.3 Å². The first-order valence-corrected chi connectivity index (χ1v) is 14.6. The Morgan fingerprint density at radius 3 is 1.76 bits per heavy atom. The number of hydrogen-bond acceptors (Lipinski definition) is 2. The van der Waals surface area contributed by atoms with Crippen LogP contribution in [0.25, 0.3) is 33.4 Å². The van der Waals surface area contributed by atoms with E-state index in [2.05, 4.69) is 16.4 Å². The standard InChI is InChI=1S/C37H29F7O2/c1-2-3-4-5-23-6-8-24(9-7-23)25-10-14-29(32(39)18-25)26-11-15-30(33(40)19-26)27-12-16-31(34(41)20-27)37(43,44)46-28-13-17-36(45-22-38)35(42)21-28/h6-21H,2-5,22H2,1H3. The van der Waals surface area contributed by atoms with Gasteiger partial charge in [-0.3, -0.25) is 0 Å². The predicted molar refractivity (Wildman–Crippen MR) is 163 cm³/mol. The second-order valence-electron chi connectivity index (χ2n) is 10.7. The van der Waals surface area contributed by atoms with Crippen molar-refractivity contribution in [3.05, 3.63) is 131 Å². The predicted octanol–water partition coefficient (Wildman–Crippen LogP) is 11.4. The normalized spacial score (nSPS) is 11.5. The van der Waals surface area contributed by atoms with Gasteiger partial charge in [-0.25, -0.2) is 22.0 Å². The van der Waals surface area contributed by atoms with Crippen molar-refractivity contribution in [1.82, 2.24) is 0 Å². The minimum atomic E-state index is -4.24. The van der Waals surface area contributed by atoms with Crippen LogP contribution in [0.1, 0.15) is 37.3 Å². The first-order valence-electron chi connectivity index (χ1n) is 14.6. The maximum Gasteiger partial charge on any atom is 0.429 e. The molecule has 5 aromatic carbocycles. The van der Waals surface area contributed by atoms with Crippen molar-refractivity contribution in [3.63, 3.8) is 0 Å². The third-order valence-corrected chi connectivity index (χ3v) is 7.56. The molecule has 9 heteroatoms. The average Bonchev–Trinajstić information content (AvgIpc) is 3.02. The average molecular weight is 639 g/mol. The highest BCUT2D eigenvalue weighted by atomic mass is 19.3. The van der Waals surface area contributed by atoms with E-state index in [0.717, 1.165) is 61.6 Å². The molecule has 0 spiro atoms. The summed E-state index contributed by atoms with van der Waals surface area (Å²) < 4.78 is 110. The van der Waals surface area contributed by atoms with Gasteiger partial charge in [0.25, 0.3) is 0 Å². The lowest BCUT2D eigenvalue weighted by atomic mass is 9.96. The minimum Gasteiger partial charge on any atom is -0.460 e. The van der Waals surface area contributed by atoms with Crippen LogP contribution in [0.15, 0.2) is 97.1 Å². The lowest BCUT2D eigenvalue weighted by molar-refractivity contribution is -0.187. The molecule has 238 valence electrons. The SMILES string of the molecule is CCCCCc1ccc(-c2ccc(-c3ccc(-c4ccc(C(F)(F)Oc5ccc(OCF)c(F)c5)c(F)c4)c(F)c3)c(F)c2)cc1. The summed E-state index contributed by atoms with van der Waals surface area (Å²) in [5.41, 5.74) is 1.81. The van der Waals surface area contributed by atoms with E-state index in [1.165, 1.54) is 23.8 Å². The molecule has 2 nitrogen and oxygen atoms in total. The van der Waals surface area contributed by atoms with Crippen LogP contribution in [-0.4, -0.2) is 6.86 Å². The van der Waals surface area contributed by atoms with Gasteiger partial charge in [-0.2, -0.15) is 8.78 Å². The Morgan fingerprint density at radius 2 is 1.17 bits per heavy atom. The van der Waals surface area contributed by atoms with E-state index < -0.39 is 53.3 Å². The molecule has 46 heavy (non-hydrogen) atoms. The van der Waals surface area contributed by atoms with Crippen LogP contribution >= 0.6 is 0 Å². The van der Waals surface area contributed by atoms with Gasteiger partial charge in [-0.05, 0) is 77.1 Å². The highest BCUT2D eigenvalue weighted by molar-refractivity contribution is 5.74. The fourth-order valence-corrected chi connectivity index (χ4v) is 5.13. The molecule has 0 unspecified atom stereocenters. The molecule has 5 rings (SSSR count). The Balaban J connectivity index is 1.32. The Bertz CT molecular complexity index is 1820. The van der Waals surface area contributed by atoms with Gasteiger partial charge in [0.15, 0.2) is 11.6 Å². The van der Waals surface area contributed by atoms with E-state index in [9.17, 15) is 22.0 Å². The zero-order chi connectivity index (χ0) is 32.8. The van der Waals surface area contributed by atoms with Gasteiger partial charge in [0.1, 0.15) is 23.2 Å². The van der Waals surface area contributed by atoms with Crippen LogP contribution in [0.3, 0.4) is 0 Å². The van der Waals surface area contributed by atoms with E-state index in [1.54, 1.807) is 12.1 Å². The molecular weight excluding hydrogens is 609 g/mol. The molecule has 0 bridgehead atoms. The van der Waals surface area contributed by atoms with Crippen molar-refractivity contribution >= 4 is 0 Å². The van der Waals surface area contributed by atoms with Crippen molar-refractivity contribution in [2.75, 3.05) is 6.86 Å². The molecule has 0 fully saturated rings. The second-order valence-corrected chi connectivity index (χ2v) is 10.7. The molecule has 0 aliphatic carbocycles. The van der Waals surface area contributed by atoms with Crippen LogP contribution in [0.5, 0.6) is 11.5 Å². The van der Waals surface area contributed by atoms with Crippen molar-refractivity contribution in [3.8, 4) is 44.9 Å². The molecule has 0 aliphatic rings. The van der Waals surface area contributed by atoms with Crippen molar-refractivity contribution in [2.45, 2.75) is 38.7 Å². The molecule has 0 amide bonds. The molecule has 5 aromatic rings. The van der Waals surface area contributed by atoms with E-state index in [4.69, 9.17) is 0 Å². The van der Waals surface area contributed by atoms with Gasteiger partial charge < -0.3 is 9.47 Å². The van der Waals surface area contributed by atoms with Gasteiger partial charge in [0.05, 0.1) is 5.56 Å². The molecule has 0 atom stereocenters. The molecule has 0 saturated heterocycles. The van der Waals surface area contributed by atoms with Crippen molar-refractivity contribution in [2.24, 2.45) is 0 Å². The zero-order valence-electron chi connectivity index (χ0n) is 24.7. The second kappa shape index (κ2) is 14.1. The van der Waals surface area contributed by atoms with Crippen molar-refractivity contribution in [1.29, 1.82) is 0 Å². The lowest BCUT2D eigenvalue weighted by Gasteiger charge is -2.19. The third-order valence-electron chi connectivity index (χ3n) is 7.56. The largest absolute Gasteiger partial charge is 0.460 e. The van der Waals surface area contributed by atoms with Gasteiger partial charge in [0.2, 0.25) is 6.86 Å². The van der Waals surface area contributed by atoms with Gasteiger partial charge in [-0.15, -0.1) is 0 Å². The fourth-order valence-electron chi connectivity index (χ4n) is 5.13. The molecule has 0 saturated carbocycles.